The van der Waals surface area contributed by atoms with Gasteiger partial charge in [-0.05, 0) is 25.8 Å². The fraction of sp³-hybridized carbons (Fsp3) is 0.533. The van der Waals surface area contributed by atoms with E-state index in [4.69, 9.17) is 4.74 Å². The van der Waals surface area contributed by atoms with Gasteiger partial charge >= 0.3 is 5.97 Å². The van der Waals surface area contributed by atoms with Crippen molar-refractivity contribution >= 4 is 5.97 Å². The number of nitrogens with zero attached hydrogens (tertiary/aromatic N) is 1. The summed E-state index contributed by atoms with van der Waals surface area (Å²) in [6.07, 6.45) is 0.169. The lowest BCUT2D eigenvalue weighted by molar-refractivity contribution is -0.147. The highest BCUT2D eigenvalue weighted by Crippen LogP contribution is 2.32. The molecule has 1 aliphatic heterocycles. The van der Waals surface area contributed by atoms with Gasteiger partial charge in [-0.2, -0.15) is 0 Å². The summed E-state index contributed by atoms with van der Waals surface area (Å²) < 4.78 is 5.33. The van der Waals surface area contributed by atoms with Crippen molar-refractivity contribution in [2.75, 3.05) is 13.2 Å². The molecule has 0 unspecified atom stereocenters. The highest BCUT2D eigenvalue weighted by Gasteiger charge is 2.33. The summed E-state index contributed by atoms with van der Waals surface area (Å²) in [6, 6.07) is 4.47. The van der Waals surface area contributed by atoms with Crippen molar-refractivity contribution in [2.45, 2.75) is 38.5 Å². The molecule has 0 amide bonds. The molecule has 0 spiro atoms. The van der Waals surface area contributed by atoms with E-state index in [0.29, 0.717) is 37.4 Å². The number of aliphatic carboxylic acids is 1. The Morgan fingerprint density at radius 2 is 2.24 bits per heavy atom. The van der Waals surface area contributed by atoms with Crippen molar-refractivity contribution in [3.05, 3.63) is 23.8 Å². The Labute approximate surface area is 123 Å². The summed E-state index contributed by atoms with van der Waals surface area (Å²) >= 11 is 0. The Balaban J connectivity index is 2.16. The van der Waals surface area contributed by atoms with Crippen LogP contribution < -0.4 is 4.74 Å². The van der Waals surface area contributed by atoms with Crippen molar-refractivity contribution in [2.24, 2.45) is 0 Å². The van der Waals surface area contributed by atoms with Crippen molar-refractivity contribution in [1.82, 2.24) is 4.90 Å². The van der Waals surface area contributed by atoms with E-state index in [2.05, 4.69) is 0 Å². The average Bonchev–Trinajstić information content (AvgIpc) is 2.45. The molecule has 0 aliphatic carbocycles. The third kappa shape index (κ3) is 3.65. The molecule has 1 heterocycles. The molecule has 0 aromatic heterocycles. The number of aliphatic hydroxyl groups is 1. The van der Waals surface area contributed by atoms with E-state index in [1.165, 1.54) is 0 Å². The monoisotopic (exact) mass is 295 g/mol. The molecule has 0 radical (unpaired) electrons. The second kappa shape index (κ2) is 6.78. The number of ether oxygens (including phenoxy) is 1. The van der Waals surface area contributed by atoms with Crippen molar-refractivity contribution in [3.8, 4) is 11.5 Å². The number of rotatable bonds is 5. The van der Waals surface area contributed by atoms with Crippen LogP contribution in [0.1, 0.15) is 25.3 Å². The first-order chi connectivity index (χ1) is 10.0. The lowest BCUT2D eigenvalue weighted by Gasteiger charge is -2.35. The van der Waals surface area contributed by atoms with Crippen molar-refractivity contribution in [3.63, 3.8) is 0 Å². The molecule has 0 bridgehead atoms. The van der Waals surface area contributed by atoms with Crippen LogP contribution in [0.5, 0.6) is 11.5 Å². The summed E-state index contributed by atoms with van der Waals surface area (Å²) in [5.74, 6) is -0.497. The molecule has 6 nitrogen and oxygen atoms in total. The van der Waals surface area contributed by atoms with E-state index in [9.17, 15) is 20.1 Å². The maximum absolute atomic E-state index is 11.3. The number of hydrogen-bond donors (Lipinski definition) is 3. The van der Waals surface area contributed by atoms with Gasteiger partial charge in [0.1, 0.15) is 6.04 Å². The third-order valence-corrected chi connectivity index (χ3v) is 3.73. The normalized spacial score (nSPS) is 23.0. The first kappa shape index (κ1) is 15.6. The molecular formula is C15H21NO5. The maximum Gasteiger partial charge on any atom is 0.321 e. The predicted octanol–water partition coefficient (Wildman–Crippen LogP) is 1.20. The van der Waals surface area contributed by atoms with Crippen LogP contribution in [0.4, 0.5) is 0 Å². The number of carboxylic acids is 1. The van der Waals surface area contributed by atoms with E-state index in [1.807, 2.05) is 6.92 Å². The molecule has 21 heavy (non-hydrogen) atoms. The summed E-state index contributed by atoms with van der Waals surface area (Å²) in [7, 11) is 0. The van der Waals surface area contributed by atoms with Crippen molar-refractivity contribution in [1.29, 1.82) is 0 Å². The number of benzene rings is 1. The molecule has 1 fully saturated rings. The van der Waals surface area contributed by atoms with Crippen LogP contribution in [0, 0.1) is 0 Å². The van der Waals surface area contributed by atoms with E-state index in [0.717, 1.165) is 0 Å². The number of aliphatic hydroxyl groups excluding tert-OH is 1. The number of hydrogen-bond acceptors (Lipinski definition) is 5. The van der Waals surface area contributed by atoms with Crippen LogP contribution in [-0.2, 0) is 11.3 Å². The largest absolute Gasteiger partial charge is 0.504 e. The van der Waals surface area contributed by atoms with Crippen LogP contribution in [0.3, 0.4) is 0 Å². The van der Waals surface area contributed by atoms with E-state index in [-0.39, 0.29) is 12.2 Å². The maximum atomic E-state index is 11.3. The Kier molecular flexibility index (Phi) is 5.03. The van der Waals surface area contributed by atoms with Gasteiger partial charge in [0.25, 0.3) is 0 Å². The standard InChI is InChI=1S/C15H21NO5/c1-2-21-13-5-3-4-10(14(13)18)9-16-7-6-11(17)8-12(16)15(19)20/h3-5,11-12,17-18H,2,6-9H2,1H3,(H,19,20)/t11-,12+/m0/s1. The highest BCUT2D eigenvalue weighted by atomic mass is 16.5. The Hall–Kier alpha value is -1.79. The van der Waals surface area contributed by atoms with Gasteiger partial charge in [-0.25, -0.2) is 0 Å². The first-order valence-corrected chi connectivity index (χ1v) is 7.11. The highest BCUT2D eigenvalue weighted by molar-refractivity contribution is 5.73. The molecule has 1 aromatic carbocycles. The quantitative estimate of drug-likeness (QED) is 0.756. The second-order valence-corrected chi connectivity index (χ2v) is 5.20. The molecular weight excluding hydrogens is 274 g/mol. The molecule has 0 saturated carbocycles. The number of para-hydroxylation sites is 1. The minimum Gasteiger partial charge on any atom is -0.504 e. The summed E-state index contributed by atoms with van der Waals surface area (Å²) in [5, 5.41) is 29.1. The number of carboxylic acid groups (broad SMARTS) is 1. The summed E-state index contributed by atoms with van der Waals surface area (Å²) in [4.78, 5) is 13.1. The Morgan fingerprint density at radius 3 is 2.90 bits per heavy atom. The number of piperidine rings is 1. The molecule has 1 aromatic rings. The van der Waals surface area contributed by atoms with Crippen LogP contribution in [-0.4, -0.2) is 51.5 Å². The lowest BCUT2D eigenvalue weighted by Crippen LogP contribution is -2.48. The smallest absolute Gasteiger partial charge is 0.321 e. The van der Waals surface area contributed by atoms with Crippen LogP contribution in [0.2, 0.25) is 0 Å². The molecule has 1 aliphatic rings. The Morgan fingerprint density at radius 1 is 1.48 bits per heavy atom. The van der Waals surface area contributed by atoms with E-state index in [1.54, 1.807) is 23.1 Å². The predicted molar refractivity (Wildman–Crippen MR) is 76.4 cm³/mol. The van der Waals surface area contributed by atoms with Gasteiger partial charge in [0, 0.05) is 18.7 Å². The topological polar surface area (TPSA) is 90.2 Å². The lowest BCUT2D eigenvalue weighted by atomic mass is 9.98. The van der Waals surface area contributed by atoms with E-state index < -0.39 is 18.1 Å². The van der Waals surface area contributed by atoms with E-state index >= 15 is 0 Å². The molecule has 2 rings (SSSR count). The van der Waals surface area contributed by atoms with Gasteiger partial charge in [0.05, 0.1) is 12.7 Å². The number of likely N-dealkylation sites (tertiary alicyclic amines) is 1. The number of aromatic hydroxyl groups is 1. The minimum absolute atomic E-state index is 0.0506. The zero-order valence-electron chi connectivity index (χ0n) is 12.0. The van der Waals surface area contributed by atoms with Gasteiger partial charge in [0.2, 0.25) is 0 Å². The van der Waals surface area contributed by atoms with Gasteiger partial charge < -0.3 is 20.1 Å². The fourth-order valence-corrected chi connectivity index (χ4v) is 2.63. The summed E-state index contributed by atoms with van der Waals surface area (Å²) in [5.41, 5.74) is 0.628. The molecule has 2 atom stereocenters. The van der Waals surface area contributed by atoms with Crippen LogP contribution >= 0.6 is 0 Å². The Bertz CT molecular complexity index is 505. The minimum atomic E-state index is -0.950. The zero-order chi connectivity index (χ0) is 15.4. The molecule has 1 saturated heterocycles. The molecule has 6 heteroatoms. The zero-order valence-corrected chi connectivity index (χ0v) is 12.0. The van der Waals surface area contributed by atoms with Gasteiger partial charge in [-0.3, -0.25) is 9.69 Å². The van der Waals surface area contributed by atoms with Crippen molar-refractivity contribution < 1.29 is 24.9 Å². The number of phenolic OH excluding ortho intramolecular Hbond substituents is 1. The summed E-state index contributed by atoms with van der Waals surface area (Å²) in [6.45, 7) is 3.08. The first-order valence-electron chi connectivity index (χ1n) is 7.11. The molecule has 116 valence electrons. The SMILES string of the molecule is CCOc1cccc(CN2CC[C@H](O)C[C@@H]2C(=O)O)c1O. The van der Waals surface area contributed by atoms with Crippen LogP contribution in [0.25, 0.3) is 0 Å². The fourth-order valence-electron chi connectivity index (χ4n) is 2.63. The van der Waals surface area contributed by atoms with Gasteiger partial charge in [0.15, 0.2) is 11.5 Å². The molecule has 3 N–H and O–H groups in total. The van der Waals surface area contributed by atoms with Crippen LogP contribution in [0.15, 0.2) is 18.2 Å². The number of carbonyl (C=O) groups is 1. The average molecular weight is 295 g/mol. The number of phenols is 1. The third-order valence-electron chi connectivity index (χ3n) is 3.73. The second-order valence-electron chi connectivity index (χ2n) is 5.20. The van der Waals surface area contributed by atoms with Gasteiger partial charge in [-0.1, -0.05) is 12.1 Å². The van der Waals surface area contributed by atoms with Gasteiger partial charge in [-0.15, -0.1) is 0 Å².